The Hall–Kier alpha value is -2.08. The molecule has 6 nitrogen and oxygen atoms in total. The second-order valence-electron chi connectivity index (χ2n) is 6.73. The quantitative estimate of drug-likeness (QED) is 0.744. The first-order chi connectivity index (χ1) is 12.2. The summed E-state index contributed by atoms with van der Waals surface area (Å²) in [5, 5.41) is 5.65. The average Bonchev–Trinajstić information content (AvgIpc) is 3.27. The number of rotatable bonds is 7. The molecule has 3 amide bonds. The lowest BCUT2D eigenvalue weighted by atomic mass is 10.1. The fraction of sp³-hybridized carbons (Fsp3) is 0.579. The van der Waals surface area contributed by atoms with Crippen molar-refractivity contribution < 1.29 is 14.3 Å². The van der Waals surface area contributed by atoms with Gasteiger partial charge in [-0.3, -0.25) is 4.79 Å². The van der Waals surface area contributed by atoms with E-state index in [1.165, 1.54) is 11.1 Å². The van der Waals surface area contributed by atoms with Crippen molar-refractivity contribution in [3.63, 3.8) is 0 Å². The van der Waals surface area contributed by atoms with Crippen LogP contribution in [0.4, 0.5) is 4.79 Å². The molecule has 1 atom stereocenters. The van der Waals surface area contributed by atoms with Gasteiger partial charge in [-0.1, -0.05) is 24.3 Å². The lowest BCUT2D eigenvalue weighted by molar-refractivity contribution is -0.131. The number of hydrogen-bond acceptors (Lipinski definition) is 3. The molecule has 25 heavy (non-hydrogen) atoms. The minimum absolute atomic E-state index is 0.150. The van der Waals surface area contributed by atoms with E-state index in [1.807, 2.05) is 17.0 Å². The number of urea groups is 1. The van der Waals surface area contributed by atoms with Gasteiger partial charge in [0, 0.05) is 39.2 Å². The summed E-state index contributed by atoms with van der Waals surface area (Å²) in [6.07, 6.45) is 4.48. The first-order valence-corrected chi connectivity index (χ1v) is 9.20. The van der Waals surface area contributed by atoms with Crippen molar-refractivity contribution in [3.8, 4) is 0 Å². The number of ether oxygens (including phenoxy) is 1. The largest absolute Gasteiger partial charge is 0.378 e. The maximum atomic E-state index is 12.3. The van der Waals surface area contributed by atoms with E-state index in [-0.39, 0.29) is 11.9 Å². The van der Waals surface area contributed by atoms with Crippen LogP contribution in [0.5, 0.6) is 0 Å². The van der Waals surface area contributed by atoms with Gasteiger partial charge in [-0.2, -0.15) is 0 Å². The third kappa shape index (κ3) is 5.19. The summed E-state index contributed by atoms with van der Waals surface area (Å²) in [5.41, 5.74) is 2.47. The Bertz CT molecular complexity index is 574. The van der Waals surface area contributed by atoms with E-state index in [0.717, 1.165) is 25.9 Å². The van der Waals surface area contributed by atoms with Crippen LogP contribution >= 0.6 is 0 Å². The second-order valence-corrected chi connectivity index (χ2v) is 6.73. The Labute approximate surface area is 148 Å². The molecule has 2 heterocycles. The lowest BCUT2D eigenvalue weighted by Crippen LogP contribution is -2.37. The highest BCUT2D eigenvalue weighted by Gasteiger charge is 2.22. The van der Waals surface area contributed by atoms with Crippen LogP contribution in [-0.2, 0) is 22.6 Å². The molecule has 3 rings (SSSR count). The maximum absolute atomic E-state index is 12.3. The first kappa shape index (κ1) is 17.7. The number of hydrogen-bond donors (Lipinski definition) is 2. The van der Waals surface area contributed by atoms with Crippen LogP contribution in [0, 0.1) is 0 Å². The van der Waals surface area contributed by atoms with Crippen molar-refractivity contribution in [1.82, 2.24) is 15.5 Å². The van der Waals surface area contributed by atoms with Crippen LogP contribution < -0.4 is 10.6 Å². The van der Waals surface area contributed by atoms with Crippen molar-refractivity contribution in [2.24, 2.45) is 0 Å². The summed E-state index contributed by atoms with van der Waals surface area (Å²) in [4.78, 5) is 25.9. The van der Waals surface area contributed by atoms with E-state index in [1.54, 1.807) is 0 Å². The Kier molecular flexibility index (Phi) is 6.28. The molecule has 1 aromatic carbocycles. The van der Waals surface area contributed by atoms with Crippen LogP contribution in [0.15, 0.2) is 24.3 Å². The van der Waals surface area contributed by atoms with Gasteiger partial charge in [0.1, 0.15) is 0 Å². The van der Waals surface area contributed by atoms with Gasteiger partial charge in [-0.25, -0.2) is 4.79 Å². The number of carbonyl (C=O) groups excluding carboxylic acids is 2. The summed E-state index contributed by atoms with van der Waals surface area (Å²) in [6, 6.07) is 8.00. The Morgan fingerprint density at radius 3 is 2.52 bits per heavy atom. The normalized spacial score (nSPS) is 18.9. The van der Waals surface area contributed by atoms with Gasteiger partial charge in [0.2, 0.25) is 5.91 Å². The molecule has 2 aliphatic heterocycles. The van der Waals surface area contributed by atoms with Crippen molar-refractivity contribution in [1.29, 1.82) is 0 Å². The van der Waals surface area contributed by atoms with Gasteiger partial charge in [0.15, 0.2) is 0 Å². The highest BCUT2D eigenvalue weighted by molar-refractivity contribution is 5.77. The monoisotopic (exact) mass is 345 g/mol. The molecule has 0 radical (unpaired) electrons. The third-order valence-corrected chi connectivity index (χ3v) is 4.82. The lowest BCUT2D eigenvalue weighted by Gasteiger charge is -2.15. The van der Waals surface area contributed by atoms with Gasteiger partial charge in [0.25, 0.3) is 0 Å². The number of nitrogens with zero attached hydrogens (tertiary/aromatic N) is 1. The topological polar surface area (TPSA) is 70.7 Å². The molecule has 1 unspecified atom stereocenters. The van der Waals surface area contributed by atoms with Gasteiger partial charge < -0.3 is 20.3 Å². The van der Waals surface area contributed by atoms with E-state index in [4.69, 9.17) is 4.74 Å². The zero-order valence-electron chi connectivity index (χ0n) is 14.6. The molecule has 0 aliphatic carbocycles. The third-order valence-electron chi connectivity index (χ3n) is 4.82. The molecular weight excluding hydrogens is 318 g/mol. The highest BCUT2D eigenvalue weighted by Crippen LogP contribution is 2.22. The fourth-order valence-corrected chi connectivity index (χ4v) is 3.39. The second kappa shape index (κ2) is 8.85. The summed E-state index contributed by atoms with van der Waals surface area (Å²) in [5.74, 6) is 0.150. The number of carbonyl (C=O) groups is 2. The van der Waals surface area contributed by atoms with Crippen molar-refractivity contribution in [2.45, 2.75) is 51.3 Å². The SMILES string of the molecule is O=C(NCCCC(=O)N1Cc2ccccc2C1)NCCC1CCCO1. The van der Waals surface area contributed by atoms with Gasteiger partial charge in [-0.05, 0) is 36.8 Å². The van der Waals surface area contributed by atoms with Crippen molar-refractivity contribution >= 4 is 11.9 Å². The zero-order chi connectivity index (χ0) is 17.5. The van der Waals surface area contributed by atoms with Crippen LogP contribution in [0.2, 0.25) is 0 Å². The van der Waals surface area contributed by atoms with Crippen LogP contribution in [0.25, 0.3) is 0 Å². The summed E-state index contributed by atoms with van der Waals surface area (Å²) in [6.45, 7) is 3.38. The Balaban J connectivity index is 1.24. The highest BCUT2D eigenvalue weighted by atomic mass is 16.5. The molecule has 0 bridgehead atoms. The number of fused-ring (bicyclic) bond motifs is 1. The Morgan fingerprint density at radius 2 is 1.84 bits per heavy atom. The fourth-order valence-electron chi connectivity index (χ4n) is 3.39. The van der Waals surface area contributed by atoms with Gasteiger partial charge >= 0.3 is 6.03 Å². The molecule has 0 aromatic heterocycles. The minimum Gasteiger partial charge on any atom is -0.378 e. The van der Waals surface area contributed by atoms with E-state index < -0.39 is 0 Å². The average molecular weight is 345 g/mol. The van der Waals surface area contributed by atoms with Crippen molar-refractivity contribution in [2.75, 3.05) is 19.7 Å². The Morgan fingerprint density at radius 1 is 1.12 bits per heavy atom. The molecular formula is C19H27N3O3. The standard InChI is InChI=1S/C19H27N3O3/c23-18(22-13-15-5-1-2-6-16(15)14-22)8-3-10-20-19(24)21-11-9-17-7-4-12-25-17/h1-2,5-6,17H,3-4,7-14H2,(H2,20,21,24). The van der Waals surface area contributed by atoms with E-state index >= 15 is 0 Å². The minimum atomic E-state index is -0.168. The molecule has 1 aromatic rings. The first-order valence-electron chi connectivity index (χ1n) is 9.20. The molecule has 2 N–H and O–H groups in total. The summed E-state index contributed by atoms with van der Waals surface area (Å²) in [7, 11) is 0. The predicted octanol–water partition coefficient (Wildman–Crippen LogP) is 2.18. The molecule has 136 valence electrons. The van der Waals surface area contributed by atoms with E-state index in [2.05, 4.69) is 22.8 Å². The van der Waals surface area contributed by atoms with Crippen LogP contribution in [0.1, 0.15) is 43.2 Å². The predicted molar refractivity (Wildman–Crippen MR) is 94.9 cm³/mol. The van der Waals surface area contributed by atoms with Gasteiger partial charge in [-0.15, -0.1) is 0 Å². The zero-order valence-corrected chi connectivity index (χ0v) is 14.6. The number of nitrogens with one attached hydrogen (secondary N) is 2. The molecule has 6 heteroatoms. The van der Waals surface area contributed by atoms with E-state index in [9.17, 15) is 9.59 Å². The molecule has 0 saturated carbocycles. The maximum Gasteiger partial charge on any atom is 0.314 e. The number of amides is 3. The molecule has 0 spiro atoms. The van der Waals surface area contributed by atoms with Crippen LogP contribution in [-0.4, -0.2) is 42.6 Å². The smallest absolute Gasteiger partial charge is 0.314 e. The van der Waals surface area contributed by atoms with Gasteiger partial charge in [0.05, 0.1) is 6.10 Å². The summed E-state index contributed by atoms with van der Waals surface area (Å²) < 4.78 is 5.52. The van der Waals surface area contributed by atoms with Crippen LogP contribution in [0.3, 0.4) is 0 Å². The summed E-state index contributed by atoms with van der Waals surface area (Å²) >= 11 is 0. The number of benzene rings is 1. The molecule has 1 fully saturated rings. The van der Waals surface area contributed by atoms with E-state index in [0.29, 0.717) is 45.1 Å². The van der Waals surface area contributed by atoms with Crippen molar-refractivity contribution in [3.05, 3.63) is 35.4 Å². The molecule has 2 aliphatic rings. The molecule has 1 saturated heterocycles.